The fourth-order valence-electron chi connectivity index (χ4n) is 9.03. The zero-order valence-electron chi connectivity index (χ0n) is 50.5. The van der Waals surface area contributed by atoms with Crippen LogP contribution in [0.2, 0.25) is 0 Å². The number of aliphatic hydroxyl groups excluding tert-OH is 9. The second kappa shape index (κ2) is 38.3. The number of aliphatic hydroxyl groups is 9. The van der Waals surface area contributed by atoms with Crippen LogP contribution in [0.25, 0.3) is 0 Å². The van der Waals surface area contributed by atoms with Gasteiger partial charge in [-0.05, 0) is 55.4 Å². The minimum atomic E-state index is -1.76. The van der Waals surface area contributed by atoms with Crippen LogP contribution in [0.15, 0.2) is 0 Å². The van der Waals surface area contributed by atoms with E-state index in [2.05, 4.69) is 0 Å². The summed E-state index contributed by atoms with van der Waals surface area (Å²) in [5.41, 5.74) is 0. The quantitative estimate of drug-likeness (QED) is 0.0191. The number of fused-ring (bicyclic) bond motifs is 6. The largest absolute Gasteiger partial charge is 1.00 e. The maximum absolute atomic E-state index is 10.2. The summed E-state index contributed by atoms with van der Waals surface area (Å²) in [5, 5.41) is 84.2. The van der Waals surface area contributed by atoms with E-state index in [1.54, 1.807) is 21.3 Å². The Labute approximate surface area is 510 Å². The zero-order valence-corrected chi connectivity index (χ0v) is 51.5. The number of ether oxygens (including phenoxy) is 20. The van der Waals surface area contributed by atoms with Gasteiger partial charge in [0.25, 0.3) is 0 Å². The van der Waals surface area contributed by atoms with E-state index in [-0.39, 0.29) is 120 Å². The molecule has 7 aliphatic rings. The Morgan fingerprint density at radius 1 is 0.446 bits per heavy atom. The van der Waals surface area contributed by atoms with E-state index in [9.17, 15) is 45.6 Å². The molecule has 7 fully saturated rings. The summed E-state index contributed by atoms with van der Waals surface area (Å²) in [4.78, 5) is 10.2. The Morgan fingerprint density at radius 2 is 0.807 bits per heavy atom. The number of aldehydes is 1. The minimum Gasteiger partial charge on any atom is -1.00 e. The average Bonchev–Trinajstić information content (AvgIpc) is 2.53. The van der Waals surface area contributed by atoms with Crippen molar-refractivity contribution in [2.24, 2.45) is 0 Å². The molecule has 0 aromatic rings. The number of hydrogen-bond acceptors (Lipinski definition) is 30. The van der Waals surface area contributed by atoms with Gasteiger partial charge in [0.1, 0.15) is 97.7 Å². The Balaban J connectivity index is 0.000000559. The smallest absolute Gasteiger partial charge is 1.00 e. The maximum Gasteiger partial charge on any atom is 1.00 e. The summed E-state index contributed by atoms with van der Waals surface area (Å²) in [6.07, 6.45) is -16.7. The van der Waals surface area contributed by atoms with Gasteiger partial charge in [0.05, 0.1) is 106 Å². The molecule has 7 saturated heterocycles. The third-order valence-electron chi connectivity index (χ3n) is 12.9. The maximum atomic E-state index is 10.2. The molecule has 7 heterocycles. The molecule has 83 heavy (non-hydrogen) atoms. The summed E-state index contributed by atoms with van der Waals surface area (Å²) in [6, 6.07) is 0. The molecule has 0 radical (unpaired) electrons. The summed E-state index contributed by atoms with van der Waals surface area (Å²) < 4.78 is 110. The van der Waals surface area contributed by atoms with Crippen molar-refractivity contribution in [1.82, 2.24) is 0 Å². The molecule has 19 atom stereocenters. The monoisotopic (exact) mass is 1230 g/mol. The molecule has 31 heteroatoms. The fraction of sp³-hybridized carbons (Fsp3) is 0.981. The number of carbonyl (C=O) groups is 1. The van der Waals surface area contributed by atoms with E-state index < -0.39 is 97.0 Å². The van der Waals surface area contributed by atoms with Crippen LogP contribution in [0.4, 0.5) is 0 Å². The number of methoxy groups -OCH3 is 3. The minimum absolute atomic E-state index is 0. The van der Waals surface area contributed by atoms with Crippen molar-refractivity contribution in [2.75, 3.05) is 127 Å². The molecule has 30 nitrogen and oxygen atoms in total. The van der Waals surface area contributed by atoms with Gasteiger partial charge in [-0.3, -0.25) is 0 Å². The molecule has 0 bridgehead atoms. The molecule has 7 rings (SSSR count). The molecule has 0 aromatic carbocycles. The second-order valence-corrected chi connectivity index (χ2v) is 21.4. The van der Waals surface area contributed by atoms with E-state index in [4.69, 9.17) is 99.8 Å². The Kier molecular flexibility index (Phi) is 36.2. The molecule has 0 amide bonds. The van der Waals surface area contributed by atoms with Crippen LogP contribution >= 0.6 is 0 Å². The van der Waals surface area contributed by atoms with E-state index >= 15 is 0 Å². The van der Waals surface area contributed by atoms with Crippen molar-refractivity contribution < 1.29 is 176 Å². The molecule has 488 valence electrons. The van der Waals surface area contributed by atoms with Gasteiger partial charge in [-0.25, -0.2) is 0 Å². The fourth-order valence-corrected chi connectivity index (χ4v) is 9.03. The normalized spacial score (nSPS) is 34.4. The van der Waals surface area contributed by atoms with Crippen molar-refractivity contribution in [3.05, 3.63) is 0 Å². The van der Waals surface area contributed by atoms with Gasteiger partial charge in [0.15, 0.2) is 48.3 Å². The van der Waals surface area contributed by atoms with Gasteiger partial charge in [-0.1, -0.05) is 7.43 Å². The topological polar surface area (TPSA) is 384 Å². The first kappa shape index (κ1) is 78.6. The predicted octanol–water partition coefficient (Wildman–Crippen LogP) is -6.04. The first-order valence-electron chi connectivity index (χ1n) is 27.1. The predicted molar refractivity (Wildman–Crippen MR) is 280 cm³/mol. The van der Waals surface area contributed by atoms with Crippen LogP contribution in [-0.2, 0) is 99.5 Å². The van der Waals surface area contributed by atoms with E-state index in [1.807, 2.05) is 55.4 Å². The first-order chi connectivity index (χ1) is 38.2. The van der Waals surface area contributed by atoms with Crippen molar-refractivity contribution >= 4 is 6.29 Å². The zero-order chi connectivity index (χ0) is 60.1. The van der Waals surface area contributed by atoms with Crippen molar-refractivity contribution in [2.45, 2.75) is 202 Å². The van der Waals surface area contributed by atoms with Gasteiger partial charge in [-0.2, -0.15) is 0 Å². The molecule has 9 N–H and O–H groups in total. The van der Waals surface area contributed by atoms with Gasteiger partial charge in [-0.15, -0.1) is 0 Å². The van der Waals surface area contributed by atoms with E-state index in [0.717, 1.165) is 0 Å². The molecule has 0 aromatic heterocycles. The van der Waals surface area contributed by atoms with Crippen LogP contribution in [0.5, 0.6) is 0 Å². The van der Waals surface area contributed by atoms with Crippen LogP contribution in [0, 0.1) is 0 Å². The summed E-state index contributed by atoms with van der Waals surface area (Å²) in [7, 11) is 4.77. The van der Waals surface area contributed by atoms with E-state index in [1.165, 1.54) is 0 Å². The molecule has 0 aliphatic carbocycles. The van der Waals surface area contributed by atoms with Crippen molar-refractivity contribution in [3.63, 3.8) is 0 Å². The van der Waals surface area contributed by atoms with Gasteiger partial charge in [0.2, 0.25) is 0 Å². The van der Waals surface area contributed by atoms with Crippen LogP contribution in [-0.4, -0.2) is 319 Å². The van der Waals surface area contributed by atoms with Gasteiger partial charge >= 0.3 is 29.6 Å². The first-order valence-corrected chi connectivity index (χ1v) is 27.1. The Morgan fingerprint density at radius 3 is 1.24 bits per heavy atom. The molecule has 7 aliphatic heterocycles. The summed E-state index contributed by atoms with van der Waals surface area (Å²) in [6.45, 7) is 20.0. The third kappa shape index (κ3) is 25.4. The molecular formula is C52H99NaO30. The van der Waals surface area contributed by atoms with Gasteiger partial charge in [0, 0.05) is 21.3 Å². The molecular weight excluding hydrogens is 1130 g/mol. The number of rotatable bonds is 29. The van der Waals surface area contributed by atoms with Gasteiger partial charge < -0.3 is 147 Å². The van der Waals surface area contributed by atoms with Crippen molar-refractivity contribution in [3.8, 4) is 0 Å². The Hall–Kier alpha value is -0.490. The third-order valence-corrected chi connectivity index (χ3v) is 12.9. The average molecular weight is 1230 g/mol. The number of hydrogen-bond donors (Lipinski definition) is 9. The van der Waals surface area contributed by atoms with Crippen LogP contribution < -0.4 is 29.6 Å². The SMILES string of the molecule is C.CC1(C)OC2OC(CO)C3OC(C)(C)OC3C2O1.COCCOCCOCC(O)C(O)C(O)C(O)C=O.COCCOCCOCC1OC(O)C(O)C(O)C1O.COCCOCCOCC1OC2OC(C)(C)OC2C2OC(C)(C)OC12.[H-].[Na+]. The summed E-state index contributed by atoms with van der Waals surface area (Å²) >= 11 is 0. The standard InChI is InChI=1S/C17H30O8.C12H20O6.2C11H22O8.CH4.Na.H/c1-16(2)22-12-11(10-20-9-8-19-7-6-18-5)21-15-14(13(12)23-16)24-17(3,4)25-15;1-11(2)15-7-6(5-13)14-10-9(8(7)16-11)17-12(3,4)18-10;1-16-2-3-17-4-5-18-6-7-8(12)9(13)10(14)11(15)19-7;1-17-2-3-18-4-5-19-7-9(14)11(16)10(15)8(13)6-12;;;/h11-15H,6-10H2,1-5H3;6-10,13H,5H2,1-4H3;7-15H,2-6H2,1H3;6,8-11,13-16H,2-5,7H2,1H3;1H4;;/q;;;;;+1;-1. The number of carbonyl (C=O) groups excluding carboxylic acids is 1. The molecule has 19 unspecified atom stereocenters. The van der Waals surface area contributed by atoms with E-state index in [0.29, 0.717) is 72.7 Å². The van der Waals surface area contributed by atoms with Crippen LogP contribution in [0.3, 0.4) is 0 Å². The molecule has 0 spiro atoms. The second-order valence-electron chi connectivity index (χ2n) is 21.4. The summed E-state index contributed by atoms with van der Waals surface area (Å²) in [5.74, 6) is -2.80. The van der Waals surface area contributed by atoms with Crippen LogP contribution in [0.1, 0.15) is 64.2 Å². The Bertz CT molecular complexity index is 1730. The molecule has 0 saturated carbocycles. The van der Waals surface area contributed by atoms with Crippen molar-refractivity contribution in [1.29, 1.82) is 0 Å².